The fourth-order valence-corrected chi connectivity index (χ4v) is 2.48. The molecule has 0 bridgehead atoms. The summed E-state index contributed by atoms with van der Waals surface area (Å²) >= 11 is 0. The number of aromatic nitrogens is 1. The molecule has 106 valence electrons. The summed E-state index contributed by atoms with van der Waals surface area (Å²) in [6.07, 6.45) is 7.43. The van der Waals surface area contributed by atoms with E-state index < -0.39 is 0 Å². The minimum Gasteiger partial charge on any atom is -0.370 e. The lowest BCUT2D eigenvalue weighted by molar-refractivity contribution is 0.178. The number of hydrogen-bond acceptors (Lipinski definition) is 3. The number of pyridine rings is 1. The summed E-state index contributed by atoms with van der Waals surface area (Å²) in [5, 5.41) is 3.31. The minimum atomic E-state index is 0.943. The molecule has 1 fully saturated rings. The van der Waals surface area contributed by atoms with Crippen LogP contribution in [0.4, 0.5) is 5.82 Å². The van der Waals surface area contributed by atoms with Gasteiger partial charge in [0.05, 0.1) is 0 Å². The smallest absolute Gasteiger partial charge is 0.125 e. The van der Waals surface area contributed by atoms with Gasteiger partial charge in [-0.05, 0) is 43.4 Å². The Bertz CT molecular complexity index is 357. The van der Waals surface area contributed by atoms with E-state index in [0.717, 1.165) is 37.8 Å². The van der Waals surface area contributed by atoms with Crippen molar-refractivity contribution in [2.75, 3.05) is 25.0 Å². The molecule has 19 heavy (non-hydrogen) atoms. The molecule has 1 aliphatic carbocycles. The Kier molecular flexibility index (Phi) is 5.64. The Balaban J connectivity index is 1.82. The van der Waals surface area contributed by atoms with Crippen molar-refractivity contribution in [2.45, 2.75) is 46.1 Å². The van der Waals surface area contributed by atoms with Gasteiger partial charge in [-0.1, -0.05) is 26.3 Å². The van der Waals surface area contributed by atoms with Crippen LogP contribution in [0.5, 0.6) is 0 Å². The zero-order valence-electron chi connectivity index (χ0n) is 12.4. The van der Waals surface area contributed by atoms with Crippen molar-refractivity contribution < 1.29 is 0 Å². The first-order chi connectivity index (χ1) is 9.31. The van der Waals surface area contributed by atoms with E-state index in [1.165, 1.54) is 31.4 Å². The average Bonchev–Trinajstić information content (AvgIpc) is 2.40. The maximum atomic E-state index is 4.48. The molecule has 1 aromatic heterocycles. The Morgan fingerprint density at radius 2 is 2.16 bits per heavy atom. The summed E-state index contributed by atoms with van der Waals surface area (Å²) in [7, 11) is 0. The molecule has 3 heteroatoms. The first kappa shape index (κ1) is 14.3. The normalized spacial score (nSPS) is 15.5. The molecular weight excluding hydrogens is 234 g/mol. The number of anilines is 1. The van der Waals surface area contributed by atoms with Gasteiger partial charge in [-0.3, -0.25) is 4.90 Å². The summed E-state index contributed by atoms with van der Waals surface area (Å²) in [6.45, 7) is 8.84. The van der Waals surface area contributed by atoms with Crippen LogP contribution in [0.25, 0.3) is 0 Å². The second kappa shape index (κ2) is 7.49. The van der Waals surface area contributed by atoms with Crippen molar-refractivity contribution in [3.05, 3.63) is 23.9 Å². The van der Waals surface area contributed by atoms with Crippen molar-refractivity contribution in [2.24, 2.45) is 5.92 Å². The van der Waals surface area contributed by atoms with Crippen LogP contribution in [0.1, 0.15) is 45.1 Å². The molecule has 0 aliphatic heterocycles. The van der Waals surface area contributed by atoms with Gasteiger partial charge < -0.3 is 5.32 Å². The summed E-state index contributed by atoms with van der Waals surface area (Å²) < 4.78 is 0. The van der Waals surface area contributed by atoms with Gasteiger partial charge in [0.15, 0.2) is 0 Å². The molecule has 0 aromatic carbocycles. The molecule has 1 saturated carbocycles. The van der Waals surface area contributed by atoms with Gasteiger partial charge in [0.1, 0.15) is 5.82 Å². The van der Waals surface area contributed by atoms with E-state index in [1.54, 1.807) is 0 Å². The second-order valence-electron chi connectivity index (χ2n) is 5.60. The van der Waals surface area contributed by atoms with Crippen molar-refractivity contribution in [3.63, 3.8) is 0 Å². The van der Waals surface area contributed by atoms with E-state index in [4.69, 9.17) is 0 Å². The topological polar surface area (TPSA) is 28.2 Å². The van der Waals surface area contributed by atoms with Crippen LogP contribution in [-0.4, -0.2) is 29.5 Å². The highest BCUT2D eigenvalue weighted by molar-refractivity contribution is 5.35. The third kappa shape index (κ3) is 4.50. The molecule has 1 heterocycles. The largest absolute Gasteiger partial charge is 0.370 e. The maximum Gasteiger partial charge on any atom is 0.125 e. The molecule has 1 aliphatic rings. The molecule has 0 unspecified atom stereocenters. The number of rotatable bonds is 8. The second-order valence-corrected chi connectivity index (χ2v) is 5.60. The van der Waals surface area contributed by atoms with Gasteiger partial charge in [0.2, 0.25) is 0 Å². The molecule has 0 radical (unpaired) electrons. The van der Waals surface area contributed by atoms with E-state index >= 15 is 0 Å². The molecule has 0 spiro atoms. The first-order valence-corrected chi connectivity index (χ1v) is 7.73. The maximum absolute atomic E-state index is 4.48. The molecule has 1 aromatic rings. The Morgan fingerprint density at radius 1 is 1.32 bits per heavy atom. The SMILES string of the molecule is CCCNc1ccc(CN(CC)CC2CCC2)cn1. The monoisotopic (exact) mass is 261 g/mol. The van der Waals surface area contributed by atoms with E-state index in [-0.39, 0.29) is 0 Å². The molecular formula is C16H27N3. The van der Waals surface area contributed by atoms with Crippen molar-refractivity contribution in [1.82, 2.24) is 9.88 Å². The zero-order chi connectivity index (χ0) is 13.5. The van der Waals surface area contributed by atoms with E-state index in [0.29, 0.717) is 0 Å². The number of nitrogens with zero attached hydrogens (tertiary/aromatic N) is 2. The lowest BCUT2D eigenvalue weighted by Crippen LogP contribution is -2.32. The highest BCUT2D eigenvalue weighted by atomic mass is 15.1. The van der Waals surface area contributed by atoms with Gasteiger partial charge in [0.25, 0.3) is 0 Å². The lowest BCUT2D eigenvalue weighted by Gasteiger charge is -2.31. The predicted octanol–water partition coefficient (Wildman–Crippen LogP) is 3.53. The van der Waals surface area contributed by atoms with E-state index in [1.807, 2.05) is 6.20 Å². The van der Waals surface area contributed by atoms with Crippen LogP contribution in [0, 0.1) is 5.92 Å². The van der Waals surface area contributed by atoms with Crippen LogP contribution < -0.4 is 5.32 Å². The Morgan fingerprint density at radius 3 is 2.68 bits per heavy atom. The Hall–Kier alpha value is -1.09. The van der Waals surface area contributed by atoms with Crippen LogP contribution >= 0.6 is 0 Å². The average molecular weight is 261 g/mol. The first-order valence-electron chi connectivity index (χ1n) is 7.73. The van der Waals surface area contributed by atoms with Crippen molar-refractivity contribution >= 4 is 5.82 Å². The van der Waals surface area contributed by atoms with Crippen LogP contribution in [-0.2, 0) is 6.54 Å². The van der Waals surface area contributed by atoms with Gasteiger partial charge in [-0.2, -0.15) is 0 Å². The fourth-order valence-electron chi connectivity index (χ4n) is 2.48. The van der Waals surface area contributed by atoms with Gasteiger partial charge in [-0.15, -0.1) is 0 Å². The third-order valence-corrected chi connectivity index (χ3v) is 3.98. The molecule has 0 saturated heterocycles. The molecule has 1 N–H and O–H groups in total. The van der Waals surface area contributed by atoms with Crippen LogP contribution in [0.2, 0.25) is 0 Å². The summed E-state index contributed by atoms with van der Waals surface area (Å²) in [5.41, 5.74) is 1.32. The summed E-state index contributed by atoms with van der Waals surface area (Å²) in [4.78, 5) is 7.02. The highest BCUT2D eigenvalue weighted by Gasteiger charge is 2.19. The minimum absolute atomic E-state index is 0.943. The zero-order valence-corrected chi connectivity index (χ0v) is 12.4. The quantitative estimate of drug-likeness (QED) is 0.776. The van der Waals surface area contributed by atoms with Crippen molar-refractivity contribution in [3.8, 4) is 0 Å². The predicted molar refractivity (Wildman–Crippen MR) is 81.3 cm³/mol. The van der Waals surface area contributed by atoms with Gasteiger partial charge >= 0.3 is 0 Å². The Labute approximate surface area is 117 Å². The van der Waals surface area contributed by atoms with E-state index in [9.17, 15) is 0 Å². The lowest BCUT2D eigenvalue weighted by atomic mass is 9.85. The number of hydrogen-bond donors (Lipinski definition) is 1. The third-order valence-electron chi connectivity index (χ3n) is 3.98. The van der Waals surface area contributed by atoms with Gasteiger partial charge in [-0.25, -0.2) is 4.98 Å². The van der Waals surface area contributed by atoms with E-state index in [2.05, 4.69) is 41.2 Å². The summed E-state index contributed by atoms with van der Waals surface area (Å²) in [5.74, 6) is 1.94. The van der Waals surface area contributed by atoms with Crippen molar-refractivity contribution in [1.29, 1.82) is 0 Å². The molecule has 3 nitrogen and oxygen atoms in total. The highest BCUT2D eigenvalue weighted by Crippen LogP contribution is 2.27. The summed E-state index contributed by atoms with van der Waals surface area (Å²) in [6, 6.07) is 4.30. The molecule has 0 amide bonds. The van der Waals surface area contributed by atoms with Crippen LogP contribution in [0.3, 0.4) is 0 Å². The molecule has 2 rings (SSSR count). The van der Waals surface area contributed by atoms with Crippen LogP contribution in [0.15, 0.2) is 18.3 Å². The standard InChI is InChI=1S/C16H27N3/c1-3-10-17-16-9-8-15(11-18-16)13-19(4-2)12-14-6-5-7-14/h8-9,11,14H,3-7,10,12-13H2,1-2H3,(H,17,18). The number of nitrogens with one attached hydrogen (secondary N) is 1. The van der Waals surface area contributed by atoms with Gasteiger partial charge in [0, 0.05) is 25.8 Å². The molecule has 0 atom stereocenters. The fraction of sp³-hybridized carbons (Fsp3) is 0.688.